The number of amides is 1. The van der Waals surface area contributed by atoms with E-state index in [4.69, 9.17) is 10.00 Å². The summed E-state index contributed by atoms with van der Waals surface area (Å²) in [6.45, 7) is 4.04. The molecule has 0 aliphatic carbocycles. The number of hydrogen-bond acceptors (Lipinski definition) is 5. The molecule has 2 aliphatic rings. The van der Waals surface area contributed by atoms with Crippen LogP contribution in [-0.4, -0.2) is 74.7 Å². The van der Waals surface area contributed by atoms with Crippen molar-refractivity contribution >= 4 is 11.6 Å². The lowest BCUT2D eigenvalue weighted by Gasteiger charge is -2.48. The van der Waals surface area contributed by atoms with Crippen LogP contribution in [0.2, 0.25) is 0 Å². The van der Waals surface area contributed by atoms with Crippen LogP contribution >= 0.6 is 0 Å². The number of benzene rings is 1. The molecule has 0 radical (unpaired) electrons. The van der Waals surface area contributed by atoms with E-state index < -0.39 is 0 Å². The van der Waals surface area contributed by atoms with Crippen LogP contribution in [0, 0.1) is 11.3 Å². The van der Waals surface area contributed by atoms with E-state index in [-0.39, 0.29) is 11.5 Å². The number of hydrogen-bond donors (Lipinski definition) is 0. The minimum absolute atomic E-state index is 0.163. The molecular formula is C19H26N4O2. The number of likely N-dealkylation sites (N-methyl/N-ethyl adjacent to an activating group) is 1. The summed E-state index contributed by atoms with van der Waals surface area (Å²) in [6.07, 6.45) is 1.99. The van der Waals surface area contributed by atoms with E-state index in [1.54, 1.807) is 0 Å². The molecule has 0 aromatic heterocycles. The zero-order chi connectivity index (χ0) is 17.9. The van der Waals surface area contributed by atoms with Gasteiger partial charge in [0, 0.05) is 25.3 Å². The third-order valence-electron chi connectivity index (χ3n) is 4.93. The maximum Gasteiger partial charge on any atom is 0.236 e. The summed E-state index contributed by atoms with van der Waals surface area (Å²) in [7, 11) is 3.83. The fourth-order valence-corrected chi connectivity index (χ4v) is 3.77. The molecule has 0 bridgehead atoms. The average Bonchev–Trinajstić information content (AvgIpc) is 2.61. The average molecular weight is 342 g/mol. The number of morpholine rings is 1. The topological polar surface area (TPSA) is 59.8 Å². The Hall–Kier alpha value is -2.10. The van der Waals surface area contributed by atoms with Gasteiger partial charge in [0.2, 0.25) is 5.91 Å². The summed E-state index contributed by atoms with van der Waals surface area (Å²) in [5, 5.41) is 9.13. The highest BCUT2D eigenvalue weighted by atomic mass is 16.5. The molecule has 1 atom stereocenters. The molecule has 1 aromatic carbocycles. The standard InChI is InChI=1S/C19H26N4O2/c1-21(2)13-18(24)23-9-10-25-19(15-23)7-4-8-22(14-19)17-6-3-5-16(11-17)12-20/h3,5-6,11H,4,7-10,13-15H2,1-2H3/t19-/m1/s1. The zero-order valence-electron chi connectivity index (χ0n) is 15.1. The predicted molar refractivity (Wildman–Crippen MR) is 96.4 cm³/mol. The van der Waals surface area contributed by atoms with Crippen LogP contribution in [-0.2, 0) is 9.53 Å². The van der Waals surface area contributed by atoms with Gasteiger partial charge in [-0.15, -0.1) is 0 Å². The van der Waals surface area contributed by atoms with Crippen molar-refractivity contribution in [2.24, 2.45) is 0 Å². The molecule has 1 spiro atoms. The number of rotatable bonds is 3. The first kappa shape index (κ1) is 17.7. The summed E-state index contributed by atoms with van der Waals surface area (Å²) >= 11 is 0. The summed E-state index contributed by atoms with van der Waals surface area (Å²) in [6, 6.07) is 9.91. The second-order valence-corrected chi connectivity index (χ2v) is 7.27. The molecule has 1 amide bonds. The molecule has 1 aromatic rings. The summed E-state index contributed by atoms with van der Waals surface area (Å²) in [5.74, 6) is 0.163. The van der Waals surface area contributed by atoms with E-state index in [1.165, 1.54) is 0 Å². The smallest absolute Gasteiger partial charge is 0.236 e. The lowest BCUT2D eigenvalue weighted by atomic mass is 9.90. The van der Waals surface area contributed by atoms with Gasteiger partial charge in [-0.3, -0.25) is 4.79 Å². The molecule has 3 rings (SSSR count). The maximum absolute atomic E-state index is 12.4. The predicted octanol–water partition coefficient (Wildman–Crippen LogP) is 1.32. The molecule has 6 heteroatoms. The molecule has 2 heterocycles. The SMILES string of the molecule is CN(C)CC(=O)N1CCO[C@@]2(CCCN(c3cccc(C#N)c3)C2)C1. The quantitative estimate of drug-likeness (QED) is 0.829. The van der Waals surface area contributed by atoms with Crippen molar-refractivity contribution < 1.29 is 9.53 Å². The van der Waals surface area contributed by atoms with Gasteiger partial charge in [0.05, 0.1) is 31.3 Å². The fourth-order valence-electron chi connectivity index (χ4n) is 3.77. The van der Waals surface area contributed by atoms with Gasteiger partial charge >= 0.3 is 0 Å². The van der Waals surface area contributed by atoms with Gasteiger partial charge in [-0.05, 0) is 45.1 Å². The van der Waals surface area contributed by atoms with E-state index in [1.807, 2.05) is 48.2 Å². The molecule has 134 valence electrons. The Bertz CT molecular complexity index is 666. The highest BCUT2D eigenvalue weighted by Gasteiger charge is 2.41. The van der Waals surface area contributed by atoms with Crippen LogP contribution < -0.4 is 4.90 Å². The number of nitriles is 1. The number of piperidine rings is 1. The Morgan fingerprint density at radius 2 is 2.20 bits per heavy atom. The number of carbonyl (C=O) groups excluding carboxylic acids is 1. The van der Waals surface area contributed by atoms with E-state index in [2.05, 4.69) is 11.0 Å². The van der Waals surface area contributed by atoms with Crippen molar-refractivity contribution in [2.45, 2.75) is 18.4 Å². The Morgan fingerprint density at radius 3 is 2.96 bits per heavy atom. The van der Waals surface area contributed by atoms with Gasteiger partial charge in [-0.2, -0.15) is 5.26 Å². The minimum Gasteiger partial charge on any atom is -0.369 e. The highest BCUT2D eigenvalue weighted by Crippen LogP contribution is 2.32. The van der Waals surface area contributed by atoms with E-state index in [9.17, 15) is 4.79 Å². The van der Waals surface area contributed by atoms with Crippen LogP contribution in [0.4, 0.5) is 5.69 Å². The second-order valence-electron chi connectivity index (χ2n) is 7.27. The van der Waals surface area contributed by atoms with Crippen LogP contribution in [0.15, 0.2) is 24.3 Å². The third kappa shape index (κ3) is 4.12. The summed E-state index contributed by atoms with van der Waals surface area (Å²) in [5.41, 5.74) is 1.42. The largest absolute Gasteiger partial charge is 0.369 e. The maximum atomic E-state index is 12.4. The van der Waals surface area contributed by atoms with Crippen molar-refractivity contribution in [3.8, 4) is 6.07 Å². The molecule has 0 N–H and O–H groups in total. The Balaban J connectivity index is 1.73. The Kier molecular flexibility index (Phi) is 5.26. The number of carbonyl (C=O) groups is 1. The van der Waals surface area contributed by atoms with Gasteiger partial charge in [-0.25, -0.2) is 0 Å². The number of nitrogens with zero attached hydrogens (tertiary/aromatic N) is 4. The van der Waals surface area contributed by atoms with Crippen molar-refractivity contribution in [1.82, 2.24) is 9.80 Å². The molecular weight excluding hydrogens is 316 g/mol. The van der Waals surface area contributed by atoms with E-state index in [0.717, 1.165) is 31.6 Å². The third-order valence-corrected chi connectivity index (χ3v) is 4.93. The molecule has 0 unspecified atom stereocenters. The lowest BCUT2D eigenvalue weighted by Crippen LogP contribution is -2.61. The van der Waals surface area contributed by atoms with E-state index >= 15 is 0 Å². The minimum atomic E-state index is -0.304. The van der Waals surface area contributed by atoms with Crippen molar-refractivity contribution in [2.75, 3.05) is 58.3 Å². The Morgan fingerprint density at radius 1 is 1.36 bits per heavy atom. The zero-order valence-corrected chi connectivity index (χ0v) is 15.1. The highest BCUT2D eigenvalue weighted by molar-refractivity contribution is 5.78. The lowest BCUT2D eigenvalue weighted by molar-refractivity contribution is -0.152. The van der Waals surface area contributed by atoms with Crippen molar-refractivity contribution in [3.05, 3.63) is 29.8 Å². The first-order valence-electron chi connectivity index (χ1n) is 8.83. The van der Waals surface area contributed by atoms with Gasteiger partial charge in [0.25, 0.3) is 0 Å². The molecule has 25 heavy (non-hydrogen) atoms. The normalized spacial score (nSPS) is 23.8. The summed E-state index contributed by atoms with van der Waals surface area (Å²) < 4.78 is 6.19. The molecule has 6 nitrogen and oxygen atoms in total. The van der Waals surface area contributed by atoms with Gasteiger partial charge < -0.3 is 19.4 Å². The second kappa shape index (κ2) is 7.42. The summed E-state index contributed by atoms with van der Waals surface area (Å²) in [4.78, 5) is 18.6. The molecule has 0 saturated carbocycles. The Labute approximate surface area is 149 Å². The number of ether oxygens (including phenoxy) is 1. The van der Waals surface area contributed by atoms with Crippen molar-refractivity contribution in [1.29, 1.82) is 5.26 Å². The van der Waals surface area contributed by atoms with Crippen LogP contribution in [0.1, 0.15) is 18.4 Å². The van der Waals surface area contributed by atoms with Gasteiger partial charge in [0.1, 0.15) is 5.60 Å². The molecule has 2 aliphatic heterocycles. The van der Waals surface area contributed by atoms with Crippen LogP contribution in [0.5, 0.6) is 0 Å². The van der Waals surface area contributed by atoms with E-state index in [0.29, 0.717) is 31.8 Å². The van der Waals surface area contributed by atoms with Gasteiger partial charge in [0.15, 0.2) is 0 Å². The number of anilines is 1. The molecule has 2 fully saturated rings. The van der Waals surface area contributed by atoms with Crippen molar-refractivity contribution in [3.63, 3.8) is 0 Å². The van der Waals surface area contributed by atoms with Gasteiger partial charge in [-0.1, -0.05) is 6.07 Å². The monoisotopic (exact) mass is 342 g/mol. The van der Waals surface area contributed by atoms with Crippen LogP contribution in [0.25, 0.3) is 0 Å². The first-order valence-corrected chi connectivity index (χ1v) is 8.83. The first-order chi connectivity index (χ1) is 12.0. The fraction of sp³-hybridized carbons (Fsp3) is 0.579. The van der Waals surface area contributed by atoms with Crippen LogP contribution in [0.3, 0.4) is 0 Å². The molecule has 2 saturated heterocycles.